The molecule has 0 spiro atoms. The molecule has 172 valence electrons. The molecule has 34 heavy (non-hydrogen) atoms. The molecule has 1 fully saturated rings. The third kappa shape index (κ3) is 4.56. The van der Waals surface area contributed by atoms with Gasteiger partial charge >= 0.3 is 5.69 Å². The minimum Gasteiger partial charge on any atom is -0.493 e. The first kappa shape index (κ1) is 22.5. The second-order valence-electron chi connectivity index (χ2n) is 7.22. The lowest BCUT2D eigenvalue weighted by Crippen LogP contribution is -2.35. The zero-order valence-electron chi connectivity index (χ0n) is 17.9. The first-order chi connectivity index (χ1) is 16.4. The second kappa shape index (κ2) is 9.41. The number of carbonyl (C=O) groups is 2. The molecule has 0 unspecified atom stereocenters. The Morgan fingerprint density at radius 2 is 1.85 bits per heavy atom. The number of methoxy groups -OCH3 is 1. The van der Waals surface area contributed by atoms with E-state index in [0.717, 1.165) is 5.01 Å². The highest BCUT2D eigenvalue weighted by Gasteiger charge is 2.34. The van der Waals surface area contributed by atoms with Gasteiger partial charge in [0.15, 0.2) is 5.75 Å². The Labute approximate surface area is 193 Å². The topological polar surface area (TPSA) is 111 Å². The van der Waals surface area contributed by atoms with E-state index < -0.39 is 28.2 Å². The molecule has 1 N–H and O–H groups in total. The molecule has 1 saturated heterocycles. The maximum absolute atomic E-state index is 13.4. The van der Waals surface area contributed by atoms with Crippen LogP contribution in [0, 0.1) is 15.9 Å². The Hall–Kier alpha value is -4.73. The molecule has 0 saturated carbocycles. The summed E-state index contributed by atoms with van der Waals surface area (Å²) < 4.78 is 24.3. The maximum Gasteiger partial charge on any atom is 0.315 e. The van der Waals surface area contributed by atoms with Crippen LogP contribution in [-0.4, -0.2) is 23.8 Å². The SMILES string of the molecule is COc1cc(/C=C2/C(=O)NN(c3ccccc3)C2=O)cc([N+](=O)[O-])c1OCc1cccc(F)c1. The standard InChI is InChI=1S/C24H18FN3O6/c1-33-21-13-16(11-19-23(29)26-27(24(19)30)18-8-3-2-4-9-18)12-20(28(31)32)22(21)34-14-15-6-5-7-17(25)10-15/h2-13H,14H2,1H3,(H,26,29)/b19-11-. The molecule has 0 bridgehead atoms. The molecule has 9 nitrogen and oxygen atoms in total. The van der Waals surface area contributed by atoms with Gasteiger partial charge in [-0.2, -0.15) is 0 Å². The molecule has 0 atom stereocenters. The molecular weight excluding hydrogens is 445 g/mol. The Balaban J connectivity index is 1.67. The first-order valence-corrected chi connectivity index (χ1v) is 10.0. The molecule has 3 aromatic carbocycles. The van der Waals surface area contributed by atoms with Crippen LogP contribution in [0.3, 0.4) is 0 Å². The lowest BCUT2D eigenvalue weighted by atomic mass is 10.1. The fourth-order valence-corrected chi connectivity index (χ4v) is 3.39. The summed E-state index contributed by atoms with van der Waals surface area (Å²) in [6, 6.07) is 16.7. The average Bonchev–Trinajstić information content (AvgIpc) is 3.11. The zero-order chi connectivity index (χ0) is 24.2. The van der Waals surface area contributed by atoms with Crippen molar-refractivity contribution in [1.29, 1.82) is 0 Å². The van der Waals surface area contributed by atoms with Gasteiger partial charge in [0.05, 0.1) is 17.7 Å². The minimum atomic E-state index is -0.668. The summed E-state index contributed by atoms with van der Waals surface area (Å²) in [5, 5.41) is 12.8. The van der Waals surface area contributed by atoms with Crippen molar-refractivity contribution in [3.8, 4) is 11.5 Å². The summed E-state index contributed by atoms with van der Waals surface area (Å²) in [6.45, 7) is -0.137. The van der Waals surface area contributed by atoms with E-state index in [9.17, 15) is 24.1 Å². The van der Waals surface area contributed by atoms with Crippen molar-refractivity contribution in [2.24, 2.45) is 0 Å². The van der Waals surface area contributed by atoms with E-state index in [4.69, 9.17) is 9.47 Å². The fourth-order valence-electron chi connectivity index (χ4n) is 3.39. The normalized spacial score (nSPS) is 14.3. The van der Waals surface area contributed by atoms with Gasteiger partial charge < -0.3 is 9.47 Å². The van der Waals surface area contributed by atoms with Gasteiger partial charge in [0.25, 0.3) is 11.8 Å². The number of halogens is 1. The number of hydrazine groups is 1. The lowest BCUT2D eigenvalue weighted by molar-refractivity contribution is -0.386. The Kier molecular flexibility index (Phi) is 6.22. The van der Waals surface area contributed by atoms with Crippen molar-refractivity contribution in [3.63, 3.8) is 0 Å². The molecule has 4 rings (SSSR count). The second-order valence-corrected chi connectivity index (χ2v) is 7.22. The van der Waals surface area contributed by atoms with Crippen LogP contribution in [0.4, 0.5) is 15.8 Å². The summed E-state index contributed by atoms with van der Waals surface area (Å²) in [7, 11) is 1.30. The number of benzene rings is 3. The lowest BCUT2D eigenvalue weighted by Gasteiger charge is -2.14. The van der Waals surface area contributed by atoms with Crippen LogP contribution in [0.5, 0.6) is 11.5 Å². The third-order valence-electron chi connectivity index (χ3n) is 4.96. The Morgan fingerprint density at radius 1 is 1.09 bits per heavy atom. The molecule has 3 aromatic rings. The van der Waals surface area contributed by atoms with Crippen molar-refractivity contribution in [2.75, 3.05) is 12.1 Å². The number of rotatable bonds is 7. The van der Waals surface area contributed by atoms with Gasteiger partial charge in [-0.25, -0.2) is 9.40 Å². The summed E-state index contributed by atoms with van der Waals surface area (Å²) in [4.78, 5) is 36.3. The van der Waals surface area contributed by atoms with Crippen molar-refractivity contribution in [2.45, 2.75) is 6.61 Å². The van der Waals surface area contributed by atoms with Crippen molar-refractivity contribution >= 4 is 29.3 Å². The number of nitro groups is 1. The molecule has 1 aliphatic rings. The third-order valence-corrected chi connectivity index (χ3v) is 4.96. The van der Waals surface area contributed by atoms with Crippen molar-refractivity contribution in [3.05, 3.63) is 99.4 Å². The van der Waals surface area contributed by atoms with E-state index in [-0.39, 0.29) is 29.2 Å². The first-order valence-electron chi connectivity index (χ1n) is 10.0. The number of nitro benzene ring substituents is 1. The van der Waals surface area contributed by atoms with Gasteiger partial charge in [-0.05, 0) is 47.5 Å². The predicted octanol–water partition coefficient (Wildman–Crippen LogP) is 3.78. The number of ether oxygens (including phenoxy) is 2. The zero-order valence-corrected chi connectivity index (χ0v) is 17.9. The van der Waals surface area contributed by atoms with E-state index in [1.807, 2.05) is 0 Å². The van der Waals surface area contributed by atoms with Crippen LogP contribution in [0.2, 0.25) is 0 Å². The Morgan fingerprint density at radius 3 is 2.53 bits per heavy atom. The highest BCUT2D eigenvalue weighted by atomic mass is 19.1. The van der Waals surface area contributed by atoms with E-state index in [2.05, 4.69) is 5.43 Å². The van der Waals surface area contributed by atoms with E-state index >= 15 is 0 Å². The van der Waals surface area contributed by atoms with Crippen LogP contribution in [-0.2, 0) is 16.2 Å². The quantitative estimate of drug-likeness (QED) is 0.247. The van der Waals surface area contributed by atoms with Gasteiger partial charge in [-0.15, -0.1) is 0 Å². The van der Waals surface area contributed by atoms with E-state index in [1.165, 1.54) is 43.5 Å². The van der Waals surface area contributed by atoms with Gasteiger partial charge in [0.1, 0.15) is 18.0 Å². The van der Waals surface area contributed by atoms with Crippen molar-refractivity contribution < 1.29 is 28.4 Å². The average molecular weight is 463 g/mol. The van der Waals surface area contributed by atoms with E-state index in [1.54, 1.807) is 36.4 Å². The van der Waals surface area contributed by atoms with E-state index in [0.29, 0.717) is 11.3 Å². The van der Waals surface area contributed by atoms with Gasteiger partial charge in [-0.3, -0.25) is 25.1 Å². The fraction of sp³-hybridized carbons (Fsp3) is 0.0833. The number of nitrogens with one attached hydrogen (secondary N) is 1. The number of carbonyl (C=O) groups excluding carboxylic acids is 2. The largest absolute Gasteiger partial charge is 0.493 e. The molecule has 1 aliphatic heterocycles. The number of hydrogen-bond acceptors (Lipinski definition) is 6. The molecule has 0 aromatic heterocycles. The summed E-state index contributed by atoms with van der Waals surface area (Å²) in [5.41, 5.74) is 2.96. The summed E-state index contributed by atoms with van der Waals surface area (Å²) >= 11 is 0. The maximum atomic E-state index is 13.4. The predicted molar refractivity (Wildman–Crippen MR) is 120 cm³/mol. The van der Waals surface area contributed by atoms with Crippen LogP contribution in [0.15, 0.2) is 72.3 Å². The van der Waals surface area contributed by atoms with Crippen LogP contribution < -0.4 is 19.9 Å². The molecular formula is C24H18FN3O6. The van der Waals surface area contributed by atoms with Crippen LogP contribution in [0.25, 0.3) is 6.08 Å². The highest BCUT2D eigenvalue weighted by Crippen LogP contribution is 2.39. The molecule has 0 aliphatic carbocycles. The number of para-hydroxylation sites is 1. The summed E-state index contributed by atoms with van der Waals surface area (Å²) in [6.07, 6.45) is 1.24. The Bertz CT molecular complexity index is 1310. The van der Waals surface area contributed by atoms with Gasteiger partial charge in [-0.1, -0.05) is 30.3 Å². The van der Waals surface area contributed by atoms with Crippen molar-refractivity contribution in [1.82, 2.24) is 5.43 Å². The minimum absolute atomic E-state index is 0.0169. The van der Waals surface area contributed by atoms with Crippen LogP contribution in [0.1, 0.15) is 11.1 Å². The smallest absolute Gasteiger partial charge is 0.315 e. The number of anilines is 1. The monoisotopic (exact) mass is 463 g/mol. The summed E-state index contributed by atoms with van der Waals surface area (Å²) in [5.74, 6) is -1.87. The number of hydrogen-bond donors (Lipinski definition) is 1. The highest BCUT2D eigenvalue weighted by molar-refractivity contribution is 6.31. The number of amides is 2. The van der Waals surface area contributed by atoms with Crippen LogP contribution >= 0.6 is 0 Å². The molecule has 1 heterocycles. The van der Waals surface area contributed by atoms with Gasteiger partial charge in [0, 0.05) is 6.07 Å². The molecule has 0 radical (unpaired) electrons. The van der Waals surface area contributed by atoms with Gasteiger partial charge in [0.2, 0.25) is 5.75 Å². The molecule has 2 amide bonds. The number of nitrogens with zero attached hydrogens (tertiary/aromatic N) is 2. The molecule has 10 heteroatoms.